The molecule has 1 heterocycles. The number of carboxylic acid groups (broad SMARTS) is 2. The van der Waals surface area contributed by atoms with Crippen LogP contribution in [0.1, 0.15) is 0 Å². The molecule has 0 saturated carbocycles. The molecule has 1 rings (SSSR count). The van der Waals surface area contributed by atoms with E-state index in [4.69, 9.17) is 10.2 Å². The monoisotopic (exact) mass is 260 g/mol. The highest BCUT2D eigenvalue weighted by molar-refractivity contribution is 8.00. The van der Waals surface area contributed by atoms with Crippen molar-refractivity contribution in [1.29, 1.82) is 0 Å². The van der Waals surface area contributed by atoms with Crippen LogP contribution in [0.25, 0.3) is 0 Å². The first kappa shape index (κ1) is 12.8. The number of hydrogen-bond donors (Lipinski definition) is 2. The molecule has 0 aliphatic heterocycles. The molecule has 2 N–H and O–H groups in total. The van der Waals surface area contributed by atoms with Gasteiger partial charge in [0.2, 0.25) is 0 Å². The lowest BCUT2D eigenvalue weighted by Crippen LogP contribution is -2.00. The number of carboxylic acids is 2. The maximum atomic E-state index is 10.3. The van der Waals surface area contributed by atoms with Crippen molar-refractivity contribution in [2.75, 3.05) is 11.5 Å². The molecule has 0 aromatic carbocycles. The first-order valence-corrected chi connectivity index (χ1v) is 6.06. The highest BCUT2D eigenvalue weighted by Gasteiger charge is 2.05. The Balaban J connectivity index is 2.56. The third-order valence-corrected chi connectivity index (χ3v) is 3.04. The normalized spacial score (nSPS) is 10.0. The lowest BCUT2D eigenvalue weighted by Gasteiger charge is -2.00. The molecule has 0 unspecified atom stereocenters. The summed E-state index contributed by atoms with van der Waals surface area (Å²) in [5.74, 6) is -2.06. The van der Waals surface area contributed by atoms with Crippen molar-refractivity contribution in [3.8, 4) is 0 Å². The van der Waals surface area contributed by atoms with Crippen molar-refractivity contribution in [2.24, 2.45) is 0 Å². The summed E-state index contributed by atoms with van der Waals surface area (Å²) in [4.78, 5) is 28.5. The van der Waals surface area contributed by atoms with Crippen molar-refractivity contribution in [2.45, 2.75) is 10.1 Å². The zero-order chi connectivity index (χ0) is 12.0. The van der Waals surface area contributed by atoms with E-state index in [-0.39, 0.29) is 11.5 Å². The van der Waals surface area contributed by atoms with Gasteiger partial charge >= 0.3 is 11.9 Å². The second-order valence-electron chi connectivity index (χ2n) is 2.56. The van der Waals surface area contributed by atoms with Gasteiger partial charge in [0.05, 0.1) is 23.9 Å². The number of nitrogens with zero attached hydrogens (tertiary/aromatic N) is 2. The van der Waals surface area contributed by atoms with Gasteiger partial charge in [-0.3, -0.25) is 14.6 Å². The zero-order valence-electron chi connectivity index (χ0n) is 7.99. The molecule has 0 radical (unpaired) electrons. The Morgan fingerprint density at radius 2 is 1.50 bits per heavy atom. The standard InChI is InChI=1S/C8H8N2O4S2/c11-7(12)3-15-5-1-9-2-6(10-5)16-4-8(13)14/h1-2H,3-4H2,(H,11,12)(H,13,14). The van der Waals surface area contributed by atoms with Crippen molar-refractivity contribution in [1.82, 2.24) is 9.97 Å². The van der Waals surface area contributed by atoms with Gasteiger partial charge in [0.25, 0.3) is 0 Å². The van der Waals surface area contributed by atoms with E-state index in [1.807, 2.05) is 0 Å². The Kier molecular flexibility index (Phi) is 5.06. The largest absolute Gasteiger partial charge is 0.481 e. The van der Waals surface area contributed by atoms with Gasteiger partial charge in [-0.15, -0.1) is 0 Å². The van der Waals surface area contributed by atoms with Gasteiger partial charge in [-0.25, -0.2) is 4.98 Å². The lowest BCUT2D eigenvalue weighted by molar-refractivity contribution is -0.134. The molecule has 0 amide bonds. The van der Waals surface area contributed by atoms with E-state index in [1.54, 1.807) is 0 Å². The Labute approximate surface area is 99.5 Å². The maximum absolute atomic E-state index is 10.3. The summed E-state index contributed by atoms with van der Waals surface area (Å²) in [5.41, 5.74) is 0. The van der Waals surface area contributed by atoms with E-state index in [0.717, 1.165) is 23.5 Å². The quantitative estimate of drug-likeness (QED) is 0.725. The molecular formula is C8H8N2O4S2. The van der Waals surface area contributed by atoms with Crippen LogP contribution in [0, 0.1) is 0 Å². The Morgan fingerprint density at radius 3 is 1.88 bits per heavy atom. The predicted octanol–water partition coefficient (Wildman–Crippen LogP) is 0.830. The van der Waals surface area contributed by atoms with E-state index in [9.17, 15) is 9.59 Å². The van der Waals surface area contributed by atoms with Crippen LogP contribution in [0.2, 0.25) is 0 Å². The summed E-state index contributed by atoms with van der Waals surface area (Å²) in [6.07, 6.45) is 2.89. The average molecular weight is 260 g/mol. The second kappa shape index (κ2) is 6.33. The number of thioether (sulfide) groups is 2. The summed E-state index contributed by atoms with van der Waals surface area (Å²) in [6.45, 7) is 0. The van der Waals surface area contributed by atoms with Crippen LogP contribution < -0.4 is 0 Å². The van der Waals surface area contributed by atoms with Crippen molar-refractivity contribution >= 4 is 35.5 Å². The molecule has 0 aliphatic carbocycles. The van der Waals surface area contributed by atoms with Crippen molar-refractivity contribution in [3.63, 3.8) is 0 Å². The van der Waals surface area contributed by atoms with Crippen LogP contribution in [0.4, 0.5) is 0 Å². The topological polar surface area (TPSA) is 100 Å². The van der Waals surface area contributed by atoms with Gasteiger partial charge in [-0.05, 0) is 0 Å². The predicted molar refractivity (Wildman–Crippen MR) is 58.8 cm³/mol. The van der Waals surface area contributed by atoms with Gasteiger partial charge in [-0.2, -0.15) is 0 Å². The number of rotatable bonds is 6. The summed E-state index contributed by atoms with van der Waals surface area (Å²) in [7, 11) is 0. The minimum atomic E-state index is -0.935. The first-order valence-electron chi connectivity index (χ1n) is 4.09. The minimum Gasteiger partial charge on any atom is -0.481 e. The van der Waals surface area contributed by atoms with E-state index in [1.165, 1.54) is 12.4 Å². The summed E-state index contributed by atoms with van der Waals surface area (Å²) in [5, 5.41) is 17.9. The van der Waals surface area contributed by atoms with E-state index in [2.05, 4.69) is 9.97 Å². The molecule has 6 nitrogen and oxygen atoms in total. The smallest absolute Gasteiger partial charge is 0.313 e. The Hall–Kier alpha value is -1.28. The van der Waals surface area contributed by atoms with Crippen LogP contribution >= 0.6 is 23.5 Å². The molecule has 0 aliphatic rings. The summed E-state index contributed by atoms with van der Waals surface area (Å²) < 4.78 is 0. The molecule has 0 bridgehead atoms. The molecule has 1 aromatic rings. The average Bonchev–Trinajstić information content (AvgIpc) is 2.24. The van der Waals surface area contributed by atoms with Crippen LogP contribution in [0.5, 0.6) is 0 Å². The molecule has 16 heavy (non-hydrogen) atoms. The lowest BCUT2D eigenvalue weighted by atomic mass is 10.8. The molecular weight excluding hydrogens is 252 g/mol. The van der Waals surface area contributed by atoms with Crippen LogP contribution in [-0.2, 0) is 9.59 Å². The number of hydrogen-bond acceptors (Lipinski definition) is 6. The molecule has 0 spiro atoms. The second-order valence-corrected chi connectivity index (χ2v) is 4.55. The van der Waals surface area contributed by atoms with Crippen LogP contribution in [-0.4, -0.2) is 43.6 Å². The zero-order valence-corrected chi connectivity index (χ0v) is 9.62. The van der Waals surface area contributed by atoms with Crippen molar-refractivity contribution < 1.29 is 19.8 Å². The molecule has 86 valence electrons. The summed E-state index contributed by atoms with van der Waals surface area (Å²) in [6, 6.07) is 0. The van der Waals surface area contributed by atoms with Gasteiger partial charge in [0.1, 0.15) is 10.1 Å². The van der Waals surface area contributed by atoms with Gasteiger partial charge in [0.15, 0.2) is 0 Å². The van der Waals surface area contributed by atoms with Crippen LogP contribution in [0.15, 0.2) is 22.4 Å². The van der Waals surface area contributed by atoms with E-state index in [0.29, 0.717) is 10.1 Å². The molecule has 8 heteroatoms. The molecule has 0 saturated heterocycles. The Morgan fingerprint density at radius 1 is 1.06 bits per heavy atom. The van der Waals surface area contributed by atoms with E-state index >= 15 is 0 Å². The third kappa shape index (κ3) is 4.99. The highest BCUT2D eigenvalue weighted by atomic mass is 32.2. The fourth-order valence-electron chi connectivity index (χ4n) is 0.742. The van der Waals surface area contributed by atoms with Gasteiger partial charge in [-0.1, -0.05) is 23.5 Å². The molecule has 0 fully saturated rings. The van der Waals surface area contributed by atoms with Gasteiger partial charge in [0, 0.05) is 0 Å². The fraction of sp³-hybridized carbons (Fsp3) is 0.250. The number of aliphatic carboxylic acids is 2. The maximum Gasteiger partial charge on any atom is 0.313 e. The Bertz CT molecular complexity index is 366. The number of carbonyl (C=O) groups is 2. The van der Waals surface area contributed by atoms with Gasteiger partial charge < -0.3 is 10.2 Å². The SMILES string of the molecule is O=C(O)CSc1cncc(SCC(=O)O)n1. The number of aromatic nitrogens is 2. The highest BCUT2D eigenvalue weighted by Crippen LogP contribution is 2.19. The van der Waals surface area contributed by atoms with E-state index < -0.39 is 11.9 Å². The van der Waals surface area contributed by atoms with Crippen molar-refractivity contribution in [3.05, 3.63) is 12.4 Å². The fourth-order valence-corrected chi connectivity index (χ4v) is 1.94. The van der Waals surface area contributed by atoms with Crippen LogP contribution in [0.3, 0.4) is 0 Å². The first-order chi connectivity index (χ1) is 7.58. The summed E-state index contributed by atoms with van der Waals surface area (Å²) >= 11 is 2.09. The molecule has 1 aromatic heterocycles. The minimum absolute atomic E-state index is 0.0955. The molecule has 0 atom stereocenters. The third-order valence-electron chi connectivity index (χ3n) is 1.28.